The van der Waals surface area contributed by atoms with Gasteiger partial charge in [0.25, 0.3) is 0 Å². The van der Waals surface area contributed by atoms with Crippen LogP contribution in [0.2, 0.25) is 0 Å². The number of esters is 1. The summed E-state index contributed by atoms with van der Waals surface area (Å²) in [6.45, 7) is 2.13. The number of methoxy groups -OCH3 is 1. The molecule has 30 heavy (non-hydrogen) atoms. The Morgan fingerprint density at radius 3 is 2.90 bits per heavy atom. The average Bonchev–Trinajstić information content (AvgIpc) is 3.50. The van der Waals surface area contributed by atoms with Crippen LogP contribution in [0.15, 0.2) is 16.6 Å². The normalized spacial score (nSPS) is 12.8. The fourth-order valence-electron chi connectivity index (χ4n) is 3.48. The second-order valence-corrected chi connectivity index (χ2v) is 9.95. The van der Waals surface area contributed by atoms with E-state index in [2.05, 4.69) is 33.9 Å². The minimum Gasteiger partial charge on any atom is -0.465 e. The Balaban J connectivity index is 1.43. The molecule has 158 valence electrons. The molecular weight excluding hydrogens is 440 g/mol. The molecule has 0 atom stereocenters. The maximum Gasteiger partial charge on any atom is 0.341 e. The first-order chi connectivity index (χ1) is 14.5. The molecule has 0 aliphatic heterocycles. The Labute approximate surface area is 186 Å². The van der Waals surface area contributed by atoms with Crippen LogP contribution in [0.3, 0.4) is 0 Å². The van der Waals surface area contributed by atoms with Gasteiger partial charge in [-0.25, -0.2) is 4.79 Å². The molecule has 1 aliphatic carbocycles. The summed E-state index contributed by atoms with van der Waals surface area (Å²) < 4.78 is 6.83. The summed E-state index contributed by atoms with van der Waals surface area (Å²) in [7, 11) is 3.27. The molecule has 3 aromatic heterocycles. The highest BCUT2D eigenvalue weighted by molar-refractivity contribution is 7.99. The molecule has 3 heterocycles. The smallest absolute Gasteiger partial charge is 0.341 e. The van der Waals surface area contributed by atoms with E-state index >= 15 is 0 Å². The molecule has 4 rings (SSSR count). The third kappa shape index (κ3) is 4.03. The molecule has 0 saturated carbocycles. The number of aromatic nitrogens is 3. The van der Waals surface area contributed by atoms with E-state index in [-0.39, 0.29) is 11.7 Å². The number of hydrogen-bond donors (Lipinski definition) is 1. The molecule has 0 fully saturated rings. The van der Waals surface area contributed by atoms with Crippen molar-refractivity contribution in [3.05, 3.63) is 32.3 Å². The quantitative estimate of drug-likeness (QED) is 0.419. The van der Waals surface area contributed by atoms with Gasteiger partial charge >= 0.3 is 5.97 Å². The first-order valence-electron chi connectivity index (χ1n) is 9.64. The molecule has 0 saturated heterocycles. The highest BCUT2D eigenvalue weighted by Crippen LogP contribution is 2.39. The fraction of sp³-hybridized carbons (Fsp3) is 0.400. The molecule has 0 radical (unpaired) electrons. The molecule has 0 bridgehead atoms. The van der Waals surface area contributed by atoms with Crippen molar-refractivity contribution in [1.82, 2.24) is 14.8 Å². The summed E-state index contributed by atoms with van der Waals surface area (Å²) in [6, 6.07) is 2.13. The van der Waals surface area contributed by atoms with Crippen LogP contribution < -0.4 is 5.32 Å². The van der Waals surface area contributed by atoms with Crippen molar-refractivity contribution in [2.45, 2.75) is 37.8 Å². The zero-order valence-corrected chi connectivity index (χ0v) is 19.4. The number of thiophene rings is 2. The van der Waals surface area contributed by atoms with E-state index in [0.29, 0.717) is 15.7 Å². The van der Waals surface area contributed by atoms with E-state index < -0.39 is 5.97 Å². The van der Waals surface area contributed by atoms with Crippen LogP contribution in [-0.4, -0.2) is 39.5 Å². The van der Waals surface area contributed by atoms with Crippen LogP contribution in [0.25, 0.3) is 11.4 Å². The van der Waals surface area contributed by atoms with Crippen LogP contribution in [0.4, 0.5) is 5.00 Å². The van der Waals surface area contributed by atoms with Gasteiger partial charge in [0.15, 0.2) is 11.0 Å². The van der Waals surface area contributed by atoms with Crippen molar-refractivity contribution >= 4 is 51.3 Å². The lowest BCUT2D eigenvalue weighted by Crippen LogP contribution is -2.16. The maximum atomic E-state index is 12.6. The number of rotatable bonds is 7. The number of carbonyl (C=O) groups excluding carboxylic acids is 2. The average molecular weight is 463 g/mol. The first kappa shape index (κ1) is 21.1. The molecule has 10 heteroatoms. The van der Waals surface area contributed by atoms with E-state index in [1.54, 1.807) is 11.3 Å². The molecule has 7 nitrogen and oxygen atoms in total. The summed E-state index contributed by atoms with van der Waals surface area (Å²) in [6.07, 6.45) is 3.82. The van der Waals surface area contributed by atoms with Gasteiger partial charge in [0.1, 0.15) is 5.00 Å². The molecule has 1 amide bonds. The highest BCUT2D eigenvalue weighted by atomic mass is 32.2. The van der Waals surface area contributed by atoms with Gasteiger partial charge in [0.05, 0.1) is 18.4 Å². The first-order valence-corrected chi connectivity index (χ1v) is 12.3. The number of carbonyl (C=O) groups is 2. The lowest BCUT2D eigenvalue weighted by atomic mass is 10.1. The van der Waals surface area contributed by atoms with Gasteiger partial charge in [-0.1, -0.05) is 18.7 Å². The summed E-state index contributed by atoms with van der Waals surface area (Å²) in [5.41, 5.74) is 2.58. The van der Waals surface area contributed by atoms with Crippen molar-refractivity contribution in [3.8, 4) is 11.4 Å². The lowest BCUT2D eigenvalue weighted by molar-refractivity contribution is -0.113. The summed E-state index contributed by atoms with van der Waals surface area (Å²) >= 11 is 4.51. The van der Waals surface area contributed by atoms with Crippen molar-refractivity contribution in [2.75, 3.05) is 18.2 Å². The van der Waals surface area contributed by atoms with Crippen LogP contribution in [0.1, 0.15) is 39.0 Å². The molecule has 0 unspecified atom stereocenters. The maximum absolute atomic E-state index is 12.6. The molecular formula is C20H22N4O3S3. The van der Waals surface area contributed by atoms with Crippen LogP contribution in [0.5, 0.6) is 0 Å². The van der Waals surface area contributed by atoms with Gasteiger partial charge < -0.3 is 14.6 Å². The fourth-order valence-corrected chi connectivity index (χ4v) is 6.30. The number of anilines is 1. The number of amides is 1. The van der Waals surface area contributed by atoms with Crippen LogP contribution in [0, 0.1) is 0 Å². The number of aryl methyl sites for hydroxylation is 2. The van der Waals surface area contributed by atoms with Crippen LogP contribution >= 0.6 is 34.4 Å². The topological polar surface area (TPSA) is 86.1 Å². The predicted molar refractivity (Wildman–Crippen MR) is 121 cm³/mol. The molecule has 1 aliphatic rings. The Morgan fingerprint density at radius 2 is 2.17 bits per heavy atom. The number of nitrogens with zero attached hydrogens (tertiary/aromatic N) is 3. The van der Waals surface area contributed by atoms with Gasteiger partial charge in [-0.2, -0.15) is 0 Å². The zero-order valence-electron chi connectivity index (χ0n) is 17.0. The Kier molecular flexibility index (Phi) is 6.26. The SMILES string of the molecule is CCc1cc(-c2nnc(SCC(=O)Nc3sc4c(c3C(=O)OC)CCC4)n2C)cs1. The summed E-state index contributed by atoms with van der Waals surface area (Å²) in [5, 5.41) is 14.8. The number of nitrogens with one attached hydrogen (secondary N) is 1. The van der Waals surface area contributed by atoms with Gasteiger partial charge in [0.2, 0.25) is 5.91 Å². The van der Waals surface area contributed by atoms with Crippen LogP contribution in [-0.2, 0) is 35.8 Å². The number of fused-ring (bicyclic) bond motifs is 1. The molecule has 0 spiro atoms. The number of thioether (sulfide) groups is 1. The summed E-state index contributed by atoms with van der Waals surface area (Å²) in [4.78, 5) is 27.3. The third-order valence-corrected chi connectivity index (χ3v) is 8.30. The van der Waals surface area contributed by atoms with Crippen molar-refractivity contribution in [3.63, 3.8) is 0 Å². The Morgan fingerprint density at radius 1 is 1.33 bits per heavy atom. The second kappa shape index (κ2) is 8.91. The Bertz CT molecular complexity index is 1100. The zero-order chi connectivity index (χ0) is 21.3. The van der Waals surface area contributed by atoms with Crippen molar-refractivity contribution in [1.29, 1.82) is 0 Å². The van der Waals surface area contributed by atoms with Gasteiger partial charge in [-0.15, -0.1) is 32.9 Å². The lowest BCUT2D eigenvalue weighted by Gasteiger charge is -2.07. The van der Waals surface area contributed by atoms with Gasteiger partial charge in [0, 0.05) is 27.7 Å². The third-order valence-electron chi connectivity index (χ3n) is 4.99. The second-order valence-electron chi connectivity index (χ2n) is 6.91. The van der Waals surface area contributed by atoms with E-state index in [1.165, 1.54) is 40.0 Å². The largest absolute Gasteiger partial charge is 0.465 e. The number of ether oxygens (including phenoxy) is 1. The van der Waals surface area contributed by atoms with Crippen molar-refractivity contribution < 1.29 is 14.3 Å². The monoisotopic (exact) mass is 462 g/mol. The minimum atomic E-state index is -0.391. The number of hydrogen-bond acceptors (Lipinski definition) is 8. The van der Waals surface area contributed by atoms with Gasteiger partial charge in [-0.05, 0) is 37.3 Å². The molecule has 0 aromatic carbocycles. The standard InChI is InChI=1S/C20H22N4O3S3/c1-4-12-8-11(9-28-12)17-22-23-20(24(17)2)29-10-15(25)21-18-16(19(26)27-3)13-6-5-7-14(13)30-18/h8-9H,4-7,10H2,1-3H3,(H,21,25). The predicted octanol–water partition coefficient (Wildman–Crippen LogP) is 4.17. The van der Waals surface area contributed by atoms with Gasteiger partial charge in [-0.3, -0.25) is 4.79 Å². The van der Waals surface area contributed by atoms with E-state index in [0.717, 1.165) is 42.6 Å². The molecule has 1 N–H and O–H groups in total. The highest BCUT2D eigenvalue weighted by Gasteiger charge is 2.28. The Hall–Kier alpha value is -2.17. The molecule has 3 aromatic rings. The van der Waals surface area contributed by atoms with E-state index in [4.69, 9.17) is 4.74 Å². The minimum absolute atomic E-state index is 0.180. The van der Waals surface area contributed by atoms with E-state index in [9.17, 15) is 9.59 Å². The van der Waals surface area contributed by atoms with Crippen molar-refractivity contribution in [2.24, 2.45) is 7.05 Å². The summed E-state index contributed by atoms with van der Waals surface area (Å²) in [5.74, 6) is 0.395. The van der Waals surface area contributed by atoms with E-state index in [1.807, 2.05) is 11.6 Å².